The smallest absolute Gasteiger partial charge is 0.275 e. The van der Waals surface area contributed by atoms with Crippen molar-refractivity contribution in [3.05, 3.63) is 88.3 Å². The molecule has 1 atom stereocenters. The third-order valence-electron chi connectivity index (χ3n) is 5.73. The van der Waals surface area contributed by atoms with Crippen LogP contribution in [0.5, 0.6) is 0 Å². The lowest BCUT2D eigenvalue weighted by Crippen LogP contribution is -2.59. The summed E-state index contributed by atoms with van der Waals surface area (Å²) in [4.78, 5) is 41.1. The van der Waals surface area contributed by atoms with Gasteiger partial charge in [0.1, 0.15) is 11.7 Å². The molecule has 0 spiro atoms. The van der Waals surface area contributed by atoms with Gasteiger partial charge in [0.2, 0.25) is 5.91 Å². The van der Waals surface area contributed by atoms with E-state index in [9.17, 15) is 14.4 Å². The molecule has 4 rings (SSSR count). The van der Waals surface area contributed by atoms with Crippen LogP contribution in [0, 0.1) is 0 Å². The molecular formula is C25H26N4O3. The lowest BCUT2D eigenvalue weighted by molar-refractivity contribution is -0.140. The Morgan fingerprint density at radius 2 is 1.69 bits per heavy atom. The molecule has 2 heterocycles. The molecule has 1 aliphatic heterocycles. The number of carbonyl (C=O) groups is 2. The molecule has 7 heteroatoms. The summed E-state index contributed by atoms with van der Waals surface area (Å²) in [5, 5.41) is 6.16. The molecule has 1 aliphatic rings. The maximum absolute atomic E-state index is 13.3. The molecule has 164 valence electrons. The summed E-state index contributed by atoms with van der Waals surface area (Å²) in [6, 6.07) is 20.2. The summed E-state index contributed by atoms with van der Waals surface area (Å²) in [5.41, 5.74) is 2.96. The van der Waals surface area contributed by atoms with Crippen molar-refractivity contribution in [2.75, 3.05) is 19.6 Å². The molecule has 0 aliphatic carbocycles. The van der Waals surface area contributed by atoms with E-state index in [1.807, 2.05) is 54.3 Å². The van der Waals surface area contributed by atoms with E-state index in [1.54, 1.807) is 4.90 Å². The maximum atomic E-state index is 13.3. The van der Waals surface area contributed by atoms with Crippen molar-refractivity contribution in [1.82, 2.24) is 20.0 Å². The molecule has 3 aromatic rings. The van der Waals surface area contributed by atoms with Crippen LogP contribution in [0.15, 0.2) is 71.5 Å². The number of hydrogen-bond donors (Lipinski definition) is 1. The van der Waals surface area contributed by atoms with Crippen LogP contribution in [0.1, 0.15) is 29.4 Å². The van der Waals surface area contributed by atoms with Crippen molar-refractivity contribution in [3.63, 3.8) is 0 Å². The first-order valence-electron chi connectivity index (χ1n) is 10.9. The number of H-pyrrole nitrogens is 1. The highest BCUT2D eigenvalue weighted by atomic mass is 16.2. The minimum atomic E-state index is -0.612. The Labute approximate surface area is 186 Å². The van der Waals surface area contributed by atoms with Gasteiger partial charge >= 0.3 is 0 Å². The number of carbonyl (C=O) groups excluding carboxylic acids is 2. The predicted octanol–water partition coefficient (Wildman–Crippen LogP) is 2.74. The number of nitrogens with one attached hydrogen (secondary N) is 1. The van der Waals surface area contributed by atoms with Gasteiger partial charge in [0.05, 0.1) is 0 Å². The zero-order valence-corrected chi connectivity index (χ0v) is 18.0. The van der Waals surface area contributed by atoms with E-state index in [2.05, 4.69) is 22.3 Å². The Morgan fingerprint density at radius 1 is 0.969 bits per heavy atom. The molecule has 2 amide bonds. The van der Waals surface area contributed by atoms with Gasteiger partial charge in [-0.15, -0.1) is 0 Å². The molecule has 0 saturated carbocycles. The van der Waals surface area contributed by atoms with E-state index in [-0.39, 0.29) is 23.1 Å². The fourth-order valence-corrected chi connectivity index (χ4v) is 4.07. The normalized spacial score (nSPS) is 16.3. The summed E-state index contributed by atoms with van der Waals surface area (Å²) in [6.07, 6.45) is 1.28. The lowest BCUT2D eigenvalue weighted by Gasteiger charge is -2.40. The standard InChI is InChI=1S/C25H26N4O3/c1-2-14-28-15-16-29(24(31)21-12-13-23(30)27-26-21)22(25(28)32)17-18-8-10-20(11-9-18)19-6-4-3-5-7-19/h3-13,22H,2,14-17H2,1H3,(H,27,30)/t22-/m1/s1. The number of piperazine rings is 1. The summed E-state index contributed by atoms with van der Waals surface area (Å²) in [5.74, 6) is -0.403. The molecule has 0 radical (unpaired) electrons. The SMILES string of the molecule is CCCN1CCN(C(=O)c2ccc(=O)[nH]n2)[C@H](Cc2ccc(-c3ccccc3)cc2)C1=O. The fraction of sp³-hybridized carbons (Fsp3) is 0.280. The van der Waals surface area contributed by atoms with Gasteiger partial charge in [-0.05, 0) is 29.2 Å². The van der Waals surface area contributed by atoms with Crippen molar-refractivity contribution in [1.29, 1.82) is 0 Å². The summed E-state index contributed by atoms with van der Waals surface area (Å²) < 4.78 is 0. The molecule has 1 saturated heterocycles. The van der Waals surface area contributed by atoms with E-state index >= 15 is 0 Å². The second-order valence-corrected chi connectivity index (χ2v) is 7.91. The number of aromatic nitrogens is 2. The maximum Gasteiger partial charge on any atom is 0.275 e. The van der Waals surface area contributed by atoms with E-state index in [0.717, 1.165) is 23.1 Å². The molecular weight excluding hydrogens is 404 g/mol. The third kappa shape index (κ3) is 4.61. The largest absolute Gasteiger partial charge is 0.339 e. The molecule has 1 aromatic heterocycles. The fourth-order valence-electron chi connectivity index (χ4n) is 4.07. The molecule has 2 aromatic carbocycles. The minimum absolute atomic E-state index is 0.0528. The number of amides is 2. The second kappa shape index (κ2) is 9.60. The van der Waals surface area contributed by atoms with Crippen LogP contribution in [-0.4, -0.2) is 57.5 Å². The summed E-state index contributed by atoms with van der Waals surface area (Å²) in [6.45, 7) is 3.62. The molecule has 0 unspecified atom stereocenters. The molecule has 0 bridgehead atoms. The van der Waals surface area contributed by atoms with Crippen LogP contribution in [0.25, 0.3) is 11.1 Å². The second-order valence-electron chi connectivity index (χ2n) is 7.91. The van der Waals surface area contributed by atoms with Crippen molar-refractivity contribution in [3.8, 4) is 11.1 Å². The Hall–Kier alpha value is -3.74. The number of nitrogens with zero attached hydrogens (tertiary/aromatic N) is 3. The zero-order valence-electron chi connectivity index (χ0n) is 18.0. The number of hydrogen-bond acceptors (Lipinski definition) is 4. The number of benzene rings is 2. The van der Waals surface area contributed by atoms with Gasteiger partial charge in [0, 0.05) is 32.1 Å². The molecule has 7 nitrogen and oxygen atoms in total. The van der Waals surface area contributed by atoms with Gasteiger partial charge in [0.25, 0.3) is 11.5 Å². The van der Waals surface area contributed by atoms with E-state index < -0.39 is 6.04 Å². The Morgan fingerprint density at radius 3 is 2.34 bits per heavy atom. The van der Waals surface area contributed by atoms with Gasteiger partial charge in [-0.25, -0.2) is 5.10 Å². The predicted molar refractivity (Wildman–Crippen MR) is 122 cm³/mol. The Kier molecular flexibility index (Phi) is 6.44. The quantitative estimate of drug-likeness (QED) is 0.652. The lowest BCUT2D eigenvalue weighted by atomic mass is 9.98. The first kappa shape index (κ1) is 21.5. The molecule has 32 heavy (non-hydrogen) atoms. The van der Waals surface area contributed by atoms with Crippen LogP contribution in [0.2, 0.25) is 0 Å². The number of aromatic amines is 1. The highest BCUT2D eigenvalue weighted by Crippen LogP contribution is 2.22. The highest BCUT2D eigenvalue weighted by Gasteiger charge is 2.37. The summed E-state index contributed by atoms with van der Waals surface area (Å²) >= 11 is 0. The van der Waals surface area contributed by atoms with Gasteiger partial charge < -0.3 is 9.80 Å². The zero-order chi connectivity index (χ0) is 22.5. The summed E-state index contributed by atoms with van der Waals surface area (Å²) in [7, 11) is 0. The van der Waals surface area contributed by atoms with Crippen LogP contribution >= 0.6 is 0 Å². The van der Waals surface area contributed by atoms with Gasteiger partial charge in [0.15, 0.2) is 0 Å². The topological polar surface area (TPSA) is 86.4 Å². The van der Waals surface area contributed by atoms with Crippen LogP contribution < -0.4 is 5.56 Å². The van der Waals surface area contributed by atoms with Crippen molar-refractivity contribution in [2.24, 2.45) is 0 Å². The highest BCUT2D eigenvalue weighted by molar-refractivity contribution is 5.96. The van der Waals surface area contributed by atoms with E-state index in [4.69, 9.17) is 0 Å². The first-order valence-corrected chi connectivity index (χ1v) is 10.9. The molecule has 1 N–H and O–H groups in total. The van der Waals surface area contributed by atoms with Crippen molar-refractivity contribution in [2.45, 2.75) is 25.8 Å². The third-order valence-corrected chi connectivity index (χ3v) is 5.73. The minimum Gasteiger partial charge on any atom is -0.339 e. The molecule has 1 fully saturated rings. The van der Waals surface area contributed by atoms with Gasteiger partial charge in [-0.2, -0.15) is 5.10 Å². The van der Waals surface area contributed by atoms with Crippen molar-refractivity contribution >= 4 is 11.8 Å². The Balaban J connectivity index is 1.58. The average molecular weight is 431 g/mol. The first-order chi connectivity index (χ1) is 15.6. The van der Waals surface area contributed by atoms with E-state index in [0.29, 0.717) is 26.1 Å². The van der Waals surface area contributed by atoms with Crippen LogP contribution in [0.3, 0.4) is 0 Å². The van der Waals surface area contributed by atoms with Gasteiger partial charge in [-0.3, -0.25) is 14.4 Å². The van der Waals surface area contributed by atoms with Crippen LogP contribution in [-0.2, 0) is 11.2 Å². The monoisotopic (exact) mass is 430 g/mol. The number of rotatable bonds is 6. The average Bonchev–Trinajstić information content (AvgIpc) is 2.83. The van der Waals surface area contributed by atoms with Gasteiger partial charge in [-0.1, -0.05) is 61.5 Å². The van der Waals surface area contributed by atoms with Crippen molar-refractivity contribution < 1.29 is 9.59 Å². The van der Waals surface area contributed by atoms with Crippen LogP contribution in [0.4, 0.5) is 0 Å². The Bertz CT molecular complexity index is 1120. The van der Waals surface area contributed by atoms with E-state index in [1.165, 1.54) is 12.1 Å².